The van der Waals surface area contributed by atoms with E-state index in [0.29, 0.717) is 16.9 Å². The van der Waals surface area contributed by atoms with Crippen LogP contribution in [0.3, 0.4) is 0 Å². The molecular weight excluding hydrogens is 596 g/mol. The minimum absolute atomic E-state index is 0.195. The number of benzene rings is 6. The lowest BCUT2D eigenvalue weighted by Crippen LogP contribution is -2.20. The molecule has 0 spiro atoms. The van der Waals surface area contributed by atoms with E-state index in [4.69, 9.17) is 18.8 Å². The first-order valence-corrected chi connectivity index (χ1v) is 15.8. The van der Waals surface area contributed by atoms with Gasteiger partial charge in [-0.2, -0.15) is 0 Å². The highest BCUT2D eigenvalue weighted by molar-refractivity contribution is 6.17. The van der Waals surface area contributed by atoms with Gasteiger partial charge in [0.1, 0.15) is 22.3 Å². The molecule has 0 saturated carbocycles. The second-order valence-electron chi connectivity index (χ2n) is 12.2. The van der Waals surface area contributed by atoms with Gasteiger partial charge in [-0.05, 0) is 42.5 Å². The summed E-state index contributed by atoms with van der Waals surface area (Å²) < 4.78 is 16.3. The average molecular weight is 619 g/mol. The predicted molar refractivity (Wildman–Crippen MR) is 192 cm³/mol. The largest absolute Gasteiger partial charge is 0.456 e. The molecule has 0 atom stereocenters. The van der Waals surface area contributed by atoms with Crippen molar-refractivity contribution in [2.24, 2.45) is 0 Å². The third-order valence-corrected chi connectivity index (χ3v) is 9.60. The first-order valence-electron chi connectivity index (χ1n) is 15.8. The lowest BCUT2D eigenvalue weighted by molar-refractivity contribution is 0.668. The Bertz CT molecular complexity index is 3220. The zero-order valence-corrected chi connectivity index (χ0v) is 25.2. The summed E-state index contributed by atoms with van der Waals surface area (Å²) in [5, 5.41) is 7.43. The van der Waals surface area contributed by atoms with Crippen LogP contribution in [0.25, 0.3) is 99.1 Å². The Balaban J connectivity index is 1.22. The molecule has 11 aromatic rings. The summed E-state index contributed by atoms with van der Waals surface area (Å²) in [6.45, 7) is 0. The SMILES string of the molecule is O=c1c2cnc(-n3c4ccccc4c4cc5c(cc43)oc3ccccc35)nc2c2ccccc2n1-c1cccc2oc3ccccc3c12. The topological polar surface area (TPSA) is 79.0 Å². The molecule has 0 radical (unpaired) electrons. The highest BCUT2D eigenvalue weighted by Gasteiger charge is 2.21. The van der Waals surface area contributed by atoms with Crippen molar-refractivity contribution >= 4 is 87.5 Å². The molecule has 5 aromatic heterocycles. The van der Waals surface area contributed by atoms with Gasteiger partial charge in [0, 0.05) is 44.6 Å². The Morgan fingerprint density at radius 3 is 1.96 bits per heavy atom. The number of hydrogen-bond acceptors (Lipinski definition) is 5. The maximum Gasteiger partial charge on any atom is 0.266 e. The van der Waals surface area contributed by atoms with Gasteiger partial charge in [0.25, 0.3) is 5.56 Å². The molecule has 0 aliphatic rings. The van der Waals surface area contributed by atoms with Gasteiger partial charge in [0.2, 0.25) is 5.95 Å². The second kappa shape index (κ2) is 9.18. The monoisotopic (exact) mass is 618 g/mol. The molecule has 6 aromatic carbocycles. The van der Waals surface area contributed by atoms with Crippen molar-refractivity contribution < 1.29 is 8.83 Å². The molecule has 48 heavy (non-hydrogen) atoms. The number of nitrogens with zero attached hydrogens (tertiary/aromatic N) is 4. The van der Waals surface area contributed by atoms with E-state index in [1.807, 2.05) is 97.1 Å². The van der Waals surface area contributed by atoms with Crippen molar-refractivity contribution in [2.75, 3.05) is 0 Å². The number of aromatic nitrogens is 4. The number of pyridine rings is 1. The van der Waals surface area contributed by atoms with Gasteiger partial charge in [0.05, 0.1) is 38.5 Å². The van der Waals surface area contributed by atoms with Gasteiger partial charge in [-0.25, -0.2) is 9.97 Å². The zero-order chi connectivity index (χ0) is 31.5. The lowest BCUT2D eigenvalue weighted by Gasteiger charge is -2.14. The van der Waals surface area contributed by atoms with Gasteiger partial charge in [-0.1, -0.05) is 78.9 Å². The Hall–Kier alpha value is -6.73. The molecule has 0 N–H and O–H groups in total. The molecule has 224 valence electrons. The molecule has 0 unspecified atom stereocenters. The molecular formula is C41H22N4O3. The van der Waals surface area contributed by atoms with Crippen molar-refractivity contribution in [3.8, 4) is 11.6 Å². The Morgan fingerprint density at radius 1 is 0.479 bits per heavy atom. The number of rotatable bonds is 2. The van der Waals surface area contributed by atoms with Gasteiger partial charge >= 0.3 is 0 Å². The van der Waals surface area contributed by atoms with Crippen LogP contribution >= 0.6 is 0 Å². The van der Waals surface area contributed by atoms with Crippen LogP contribution in [0, 0.1) is 0 Å². The molecule has 7 nitrogen and oxygen atoms in total. The van der Waals surface area contributed by atoms with E-state index in [-0.39, 0.29) is 5.56 Å². The van der Waals surface area contributed by atoms with E-state index in [9.17, 15) is 4.79 Å². The second-order valence-corrected chi connectivity index (χ2v) is 12.2. The molecule has 11 rings (SSSR count). The quantitative estimate of drug-likeness (QED) is 0.180. The summed E-state index contributed by atoms with van der Waals surface area (Å²) in [5.74, 6) is 0.481. The predicted octanol–water partition coefficient (Wildman–Crippen LogP) is 9.83. The molecule has 0 aliphatic heterocycles. The van der Waals surface area contributed by atoms with Gasteiger partial charge in [-0.15, -0.1) is 0 Å². The third kappa shape index (κ3) is 3.29. The fourth-order valence-corrected chi connectivity index (χ4v) is 7.53. The molecule has 0 aliphatic carbocycles. The molecule has 0 fully saturated rings. The molecule has 0 bridgehead atoms. The van der Waals surface area contributed by atoms with E-state index < -0.39 is 0 Å². The van der Waals surface area contributed by atoms with Crippen LogP contribution in [0.2, 0.25) is 0 Å². The van der Waals surface area contributed by atoms with E-state index in [2.05, 4.69) is 34.9 Å². The van der Waals surface area contributed by atoms with Crippen LogP contribution < -0.4 is 5.56 Å². The van der Waals surface area contributed by atoms with E-state index >= 15 is 0 Å². The lowest BCUT2D eigenvalue weighted by atomic mass is 10.1. The number of hydrogen-bond donors (Lipinski definition) is 0. The average Bonchev–Trinajstić information content (AvgIpc) is 3.80. The highest BCUT2D eigenvalue weighted by atomic mass is 16.3. The molecule has 5 heterocycles. The van der Waals surface area contributed by atoms with Gasteiger partial charge < -0.3 is 8.83 Å². The summed E-state index contributed by atoms with van der Waals surface area (Å²) in [4.78, 5) is 24.6. The molecule has 7 heteroatoms. The summed E-state index contributed by atoms with van der Waals surface area (Å²) >= 11 is 0. The van der Waals surface area contributed by atoms with Crippen molar-refractivity contribution in [3.05, 3.63) is 144 Å². The summed E-state index contributed by atoms with van der Waals surface area (Å²) in [5.41, 5.74) is 6.95. The molecule has 0 amide bonds. The van der Waals surface area contributed by atoms with Crippen LogP contribution in [-0.2, 0) is 0 Å². The smallest absolute Gasteiger partial charge is 0.266 e. The van der Waals surface area contributed by atoms with Gasteiger partial charge in [-0.3, -0.25) is 13.9 Å². The van der Waals surface area contributed by atoms with Crippen molar-refractivity contribution in [1.82, 2.24) is 19.1 Å². The maximum absolute atomic E-state index is 14.5. The third-order valence-electron chi connectivity index (χ3n) is 9.60. The Kier molecular flexibility index (Phi) is 4.87. The van der Waals surface area contributed by atoms with Crippen LogP contribution in [-0.4, -0.2) is 19.1 Å². The van der Waals surface area contributed by atoms with Crippen LogP contribution in [0.1, 0.15) is 0 Å². The number of fused-ring (bicyclic) bond motifs is 12. The Morgan fingerprint density at radius 2 is 1.12 bits per heavy atom. The number of furan rings is 2. The van der Waals surface area contributed by atoms with Crippen LogP contribution in [0.4, 0.5) is 0 Å². The van der Waals surface area contributed by atoms with Gasteiger partial charge in [0.15, 0.2) is 0 Å². The first kappa shape index (κ1) is 25.5. The fourth-order valence-electron chi connectivity index (χ4n) is 7.53. The Labute approximate surface area is 270 Å². The van der Waals surface area contributed by atoms with Crippen molar-refractivity contribution in [2.45, 2.75) is 0 Å². The molecule has 0 saturated heterocycles. The summed E-state index contributed by atoms with van der Waals surface area (Å²) in [7, 11) is 0. The fraction of sp³-hybridized carbons (Fsp3) is 0. The van der Waals surface area contributed by atoms with E-state index in [0.717, 1.165) is 82.3 Å². The van der Waals surface area contributed by atoms with Crippen LogP contribution in [0.5, 0.6) is 0 Å². The van der Waals surface area contributed by atoms with E-state index in [1.54, 1.807) is 10.8 Å². The maximum atomic E-state index is 14.5. The van der Waals surface area contributed by atoms with Crippen molar-refractivity contribution in [3.63, 3.8) is 0 Å². The minimum Gasteiger partial charge on any atom is -0.456 e. The standard InChI is InChI=1S/C41H22N4O3/c46-40-29-22-42-41(45-30-14-5-1-10-23(30)27-20-28-24-11-3-7-17-34(24)48-37(28)21-33(27)45)43-39(29)25-12-2-6-15-31(25)44(40)32-16-9-19-36-38(32)26-13-4-8-18-35(26)47-36/h1-22H. The first-order chi connectivity index (χ1) is 23.7. The minimum atomic E-state index is -0.195. The van der Waals surface area contributed by atoms with Crippen molar-refractivity contribution in [1.29, 1.82) is 0 Å². The van der Waals surface area contributed by atoms with Crippen LogP contribution in [0.15, 0.2) is 147 Å². The highest BCUT2D eigenvalue weighted by Crippen LogP contribution is 2.39. The summed E-state index contributed by atoms with van der Waals surface area (Å²) in [6, 6.07) is 42.3. The number of para-hydroxylation sites is 4. The zero-order valence-electron chi connectivity index (χ0n) is 25.2. The summed E-state index contributed by atoms with van der Waals surface area (Å²) in [6.07, 6.45) is 1.66. The van der Waals surface area contributed by atoms with E-state index in [1.165, 1.54) is 0 Å². The normalized spacial score (nSPS) is 12.2.